The molecule has 0 aliphatic rings. The molecule has 6 heteroatoms. The van der Waals surface area contributed by atoms with Crippen molar-refractivity contribution in [2.75, 3.05) is 27.4 Å². The van der Waals surface area contributed by atoms with E-state index in [1.165, 1.54) is 6.08 Å². The number of rotatable bonds is 8. The Hall–Kier alpha value is -0.523. The molecule has 0 saturated carbocycles. The highest BCUT2D eigenvalue weighted by Gasteiger charge is 2.03. The number of isocyanates is 1. The molecule has 0 aromatic rings. The molecule has 0 unspecified atom stereocenters. The smallest absolute Gasteiger partial charge is 0.234 e. The van der Waals surface area contributed by atoms with E-state index >= 15 is 0 Å². The molecular weight excluding hydrogens is 190 g/mol. The molecule has 0 fully saturated rings. The fourth-order valence-corrected chi connectivity index (χ4v) is 1.55. The fraction of sp³-hybridized carbons (Fsp3) is 0.857. The summed E-state index contributed by atoms with van der Waals surface area (Å²) in [5.41, 5.74) is 0. The van der Waals surface area contributed by atoms with Gasteiger partial charge in [0.2, 0.25) is 6.08 Å². The lowest BCUT2D eigenvalue weighted by Crippen LogP contribution is -2.21. The van der Waals surface area contributed by atoms with Gasteiger partial charge in [-0.1, -0.05) is 0 Å². The van der Waals surface area contributed by atoms with E-state index in [-0.39, 0.29) is 6.29 Å². The highest BCUT2D eigenvalue weighted by atomic mass is 28.2. The summed E-state index contributed by atoms with van der Waals surface area (Å²) >= 11 is 0. The molecule has 0 heterocycles. The third-order valence-electron chi connectivity index (χ3n) is 1.40. The maximum absolute atomic E-state index is 9.68. The molecular formula is C7H15NO4Si. The standard InChI is InChI=1S/C7H15NO4Si/c1-10-7(11-2)5-12-13-4-3-8-6-9/h7H,3-5,13H2,1-2H3. The number of aliphatic imine (C=N–C) groups is 1. The monoisotopic (exact) mass is 205 g/mol. The minimum absolute atomic E-state index is 0.290. The summed E-state index contributed by atoms with van der Waals surface area (Å²) in [7, 11) is 2.53. The zero-order valence-electron chi connectivity index (χ0n) is 7.99. The molecule has 0 bridgehead atoms. The van der Waals surface area contributed by atoms with Crippen molar-refractivity contribution in [2.45, 2.75) is 12.3 Å². The van der Waals surface area contributed by atoms with Gasteiger partial charge in [0, 0.05) is 14.2 Å². The van der Waals surface area contributed by atoms with Crippen LogP contribution in [0.1, 0.15) is 0 Å². The number of ether oxygens (including phenoxy) is 2. The molecule has 0 amide bonds. The Morgan fingerprint density at radius 1 is 1.46 bits per heavy atom. The lowest BCUT2D eigenvalue weighted by molar-refractivity contribution is -0.121. The molecule has 0 radical (unpaired) electrons. The molecule has 76 valence electrons. The van der Waals surface area contributed by atoms with E-state index in [0.717, 1.165) is 6.04 Å². The maximum Gasteiger partial charge on any atom is 0.234 e. The SMILES string of the molecule is COC(CO[SiH2]CCN=C=O)OC. The van der Waals surface area contributed by atoms with Gasteiger partial charge >= 0.3 is 0 Å². The molecule has 0 atom stereocenters. The molecule has 0 aliphatic heterocycles. The Kier molecular flexibility index (Phi) is 9.18. The predicted octanol–water partition coefficient (Wildman–Crippen LogP) is -0.540. The zero-order valence-corrected chi connectivity index (χ0v) is 9.40. The Labute approximate surface area is 80.0 Å². The number of hydrogen-bond acceptors (Lipinski definition) is 5. The van der Waals surface area contributed by atoms with E-state index in [4.69, 9.17) is 13.9 Å². The minimum Gasteiger partial charge on any atom is -0.419 e. The van der Waals surface area contributed by atoms with Crippen molar-refractivity contribution < 1.29 is 18.7 Å². The molecule has 13 heavy (non-hydrogen) atoms. The summed E-state index contributed by atoms with van der Waals surface area (Å²) < 4.78 is 15.2. The Balaban J connectivity index is 3.18. The molecule has 0 aliphatic carbocycles. The molecule has 5 nitrogen and oxygen atoms in total. The summed E-state index contributed by atoms with van der Waals surface area (Å²) in [6, 6.07) is 0.843. The van der Waals surface area contributed by atoms with Crippen molar-refractivity contribution in [1.82, 2.24) is 0 Å². The van der Waals surface area contributed by atoms with Gasteiger partial charge in [-0.25, -0.2) is 9.79 Å². The highest BCUT2D eigenvalue weighted by Crippen LogP contribution is 1.92. The van der Waals surface area contributed by atoms with Crippen LogP contribution in [0.4, 0.5) is 0 Å². The van der Waals surface area contributed by atoms with Crippen LogP contribution >= 0.6 is 0 Å². The van der Waals surface area contributed by atoms with Crippen LogP contribution in [0.15, 0.2) is 4.99 Å². The van der Waals surface area contributed by atoms with Gasteiger partial charge in [-0.05, 0) is 6.04 Å². The van der Waals surface area contributed by atoms with Gasteiger partial charge in [-0.2, -0.15) is 0 Å². The molecule has 0 saturated heterocycles. The second-order valence-electron chi connectivity index (χ2n) is 2.30. The van der Waals surface area contributed by atoms with Crippen molar-refractivity contribution >= 4 is 15.8 Å². The van der Waals surface area contributed by atoms with Gasteiger partial charge < -0.3 is 13.9 Å². The highest BCUT2D eigenvalue weighted by molar-refractivity contribution is 6.27. The molecule has 0 aromatic carbocycles. The first-order valence-electron chi connectivity index (χ1n) is 4.02. The Morgan fingerprint density at radius 3 is 2.69 bits per heavy atom. The van der Waals surface area contributed by atoms with Crippen molar-refractivity contribution in [2.24, 2.45) is 4.99 Å². The van der Waals surface area contributed by atoms with Gasteiger partial charge in [0.05, 0.1) is 13.2 Å². The maximum atomic E-state index is 9.68. The van der Waals surface area contributed by atoms with Crippen LogP contribution in [0.5, 0.6) is 0 Å². The average Bonchev–Trinajstić information content (AvgIpc) is 2.17. The van der Waals surface area contributed by atoms with Crippen LogP contribution in [0.3, 0.4) is 0 Å². The third-order valence-corrected chi connectivity index (χ3v) is 2.53. The van der Waals surface area contributed by atoms with E-state index in [2.05, 4.69) is 4.99 Å². The summed E-state index contributed by atoms with van der Waals surface area (Å²) in [5.74, 6) is 0. The van der Waals surface area contributed by atoms with E-state index in [9.17, 15) is 4.79 Å². The predicted molar refractivity (Wildman–Crippen MR) is 50.1 cm³/mol. The second-order valence-corrected chi connectivity index (χ2v) is 3.83. The summed E-state index contributed by atoms with van der Waals surface area (Å²) in [6.07, 6.45) is 1.19. The van der Waals surface area contributed by atoms with Gasteiger partial charge in [0.25, 0.3) is 0 Å². The summed E-state index contributed by atoms with van der Waals surface area (Å²) in [6.45, 7) is 0.963. The first-order chi connectivity index (χ1) is 6.35. The topological polar surface area (TPSA) is 57.1 Å². The second kappa shape index (κ2) is 9.56. The van der Waals surface area contributed by atoms with Crippen molar-refractivity contribution in [3.8, 4) is 0 Å². The molecule has 0 spiro atoms. The summed E-state index contributed by atoms with van der Waals surface area (Å²) in [4.78, 5) is 13.1. The fourth-order valence-electron chi connectivity index (χ4n) is 0.703. The first kappa shape index (κ1) is 12.5. The van der Waals surface area contributed by atoms with E-state index < -0.39 is 9.76 Å². The van der Waals surface area contributed by atoms with Gasteiger partial charge in [-0.15, -0.1) is 0 Å². The number of hydrogen-bond donors (Lipinski definition) is 0. The normalized spacial score (nSPS) is 11.0. The van der Waals surface area contributed by atoms with Gasteiger partial charge in [0.15, 0.2) is 16.1 Å². The van der Waals surface area contributed by atoms with Crippen LogP contribution < -0.4 is 0 Å². The van der Waals surface area contributed by atoms with E-state index in [1.807, 2.05) is 0 Å². The van der Waals surface area contributed by atoms with E-state index in [1.54, 1.807) is 14.2 Å². The number of methoxy groups -OCH3 is 2. The van der Waals surface area contributed by atoms with Gasteiger partial charge in [0.1, 0.15) is 0 Å². The lowest BCUT2D eigenvalue weighted by Gasteiger charge is -2.12. The van der Waals surface area contributed by atoms with Crippen molar-refractivity contribution in [3.63, 3.8) is 0 Å². The van der Waals surface area contributed by atoms with E-state index in [0.29, 0.717) is 13.2 Å². The van der Waals surface area contributed by atoms with Crippen LogP contribution in [0.2, 0.25) is 6.04 Å². The van der Waals surface area contributed by atoms with Crippen LogP contribution in [0.25, 0.3) is 0 Å². The number of nitrogens with zero attached hydrogens (tertiary/aromatic N) is 1. The molecule has 0 N–H and O–H groups in total. The first-order valence-corrected chi connectivity index (χ1v) is 5.59. The number of carbonyl (C=O) groups excluding carboxylic acids is 1. The average molecular weight is 205 g/mol. The third kappa shape index (κ3) is 7.83. The summed E-state index contributed by atoms with van der Waals surface area (Å²) in [5, 5.41) is 0. The van der Waals surface area contributed by atoms with Crippen LogP contribution in [-0.2, 0) is 18.7 Å². The molecule has 0 aromatic heterocycles. The largest absolute Gasteiger partial charge is 0.419 e. The Bertz CT molecular complexity index is 157. The van der Waals surface area contributed by atoms with Gasteiger partial charge in [-0.3, -0.25) is 0 Å². The van der Waals surface area contributed by atoms with Crippen LogP contribution in [0, 0.1) is 0 Å². The molecule has 0 rings (SSSR count). The quantitative estimate of drug-likeness (QED) is 0.175. The lowest BCUT2D eigenvalue weighted by atomic mass is 10.7. The zero-order chi connectivity index (χ0) is 9.94. The Morgan fingerprint density at radius 2 is 2.15 bits per heavy atom. The minimum atomic E-state index is -0.603. The van der Waals surface area contributed by atoms with Crippen molar-refractivity contribution in [1.29, 1.82) is 0 Å². The van der Waals surface area contributed by atoms with Crippen molar-refractivity contribution in [3.05, 3.63) is 0 Å². The van der Waals surface area contributed by atoms with Crippen LogP contribution in [-0.4, -0.2) is 49.5 Å².